The fraction of sp³-hybridized carbons (Fsp3) is 0.414. The molecule has 0 aliphatic carbocycles. The van der Waals surface area contributed by atoms with E-state index >= 15 is 0 Å². The lowest BCUT2D eigenvalue weighted by molar-refractivity contribution is -0.123. The molecule has 3 rings (SSSR count). The summed E-state index contributed by atoms with van der Waals surface area (Å²) >= 11 is 0. The second-order valence-electron chi connectivity index (χ2n) is 10.4. The Morgan fingerprint density at radius 2 is 2.00 bits per heavy atom. The standard InChI is InChI=1S/C29H37FN6O5/c1-17(2)14-19-20(30)15-31-25-18(3)23(32-26(19)25)16-36-13-9-11-22(28(36)39)33-27(38)21(34-29(40)41-6)10-7-8-12-24(37)35(4)5/h8-9,11-13,15,17,21,32H,7,10,14,16H2,1-6H3,(H,33,38)(H,34,40)/b12-8+/t21-/m0/s1. The Kier molecular flexibility index (Phi) is 10.4. The van der Waals surface area contributed by atoms with Crippen LogP contribution in [-0.4, -0.2) is 64.6 Å². The molecule has 0 radical (unpaired) electrons. The molecule has 0 aromatic carbocycles. The number of methoxy groups -OCH3 is 1. The van der Waals surface area contributed by atoms with Crippen molar-refractivity contribution in [3.8, 4) is 0 Å². The van der Waals surface area contributed by atoms with Gasteiger partial charge in [0.15, 0.2) is 0 Å². The Bertz CT molecular complexity index is 1510. The quantitative estimate of drug-likeness (QED) is 0.303. The number of hydrogen-bond donors (Lipinski definition) is 3. The van der Waals surface area contributed by atoms with Gasteiger partial charge in [-0.15, -0.1) is 0 Å². The van der Waals surface area contributed by atoms with Gasteiger partial charge in [-0.3, -0.25) is 19.4 Å². The van der Waals surface area contributed by atoms with Gasteiger partial charge in [0.2, 0.25) is 11.8 Å². The zero-order valence-corrected chi connectivity index (χ0v) is 24.2. The summed E-state index contributed by atoms with van der Waals surface area (Å²) in [5, 5.41) is 5.06. The summed E-state index contributed by atoms with van der Waals surface area (Å²) < 4.78 is 20.6. The number of aryl methyl sites for hydroxylation is 1. The summed E-state index contributed by atoms with van der Waals surface area (Å²) in [7, 11) is 4.42. The monoisotopic (exact) mass is 568 g/mol. The van der Waals surface area contributed by atoms with Gasteiger partial charge in [0.25, 0.3) is 5.56 Å². The predicted octanol–water partition coefficient (Wildman–Crippen LogP) is 3.51. The first kappa shape index (κ1) is 31.1. The van der Waals surface area contributed by atoms with Crippen LogP contribution in [0.5, 0.6) is 0 Å². The number of pyridine rings is 2. The Morgan fingerprint density at radius 1 is 1.27 bits per heavy atom. The number of fused-ring (bicyclic) bond motifs is 1. The van der Waals surface area contributed by atoms with Crippen LogP contribution in [0, 0.1) is 18.7 Å². The third-order valence-electron chi connectivity index (χ3n) is 6.55. The van der Waals surface area contributed by atoms with Crippen LogP contribution in [-0.2, 0) is 27.3 Å². The Morgan fingerprint density at radius 3 is 2.66 bits per heavy atom. The van der Waals surface area contributed by atoms with Crippen LogP contribution < -0.4 is 16.2 Å². The molecule has 0 unspecified atom stereocenters. The molecule has 3 aromatic rings. The van der Waals surface area contributed by atoms with E-state index in [2.05, 4.69) is 25.3 Å². The molecule has 11 nitrogen and oxygen atoms in total. The number of anilines is 1. The van der Waals surface area contributed by atoms with Crippen LogP contribution in [0.2, 0.25) is 0 Å². The molecule has 3 heterocycles. The third kappa shape index (κ3) is 7.80. The topological polar surface area (TPSA) is 138 Å². The van der Waals surface area contributed by atoms with Crippen molar-refractivity contribution < 1.29 is 23.5 Å². The predicted molar refractivity (Wildman–Crippen MR) is 154 cm³/mol. The van der Waals surface area contributed by atoms with E-state index in [1.807, 2.05) is 20.8 Å². The second kappa shape index (κ2) is 13.7. The molecular weight excluding hydrogens is 531 g/mol. The fourth-order valence-electron chi connectivity index (χ4n) is 4.31. The first-order chi connectivity index (χ1) is 19.4. The minimum Gasteiger partial charge on any atom is -0.453 e. The molecular formula is C29H37FN6O5. The summed E-state index contributed by atoms with van der Waals surface area (Å²) in [4.78, 5) is 58.9. The van der Waals surface area contributed by atoms with Crippen molar-refractivity contribution in [3.05, 3.63) is 69.7 Å². The van der Waals surface area contributed by atoms with E-state index in [0.29, 0.717) is 35.1 Å². The van der Waals surface area contributed by atoms with Crippen molar-refractivity contribution in [1.29, 1.82) is 0 Å². The second-order valence-corrected chi connectivity index (χ2v) is 10.4. The maximum atomic E-state index is 14.6. The van der Waals surface area contributed by atoms with Gasteiger partial charge in [-0.25, -0.2) is 9.18 Å². The summed E-state index contributed by atoms with van der Waals surface area (Å²) in [6.07, 6.45) is 6.00. The number of H-pyrrole nitrogens is 1. The molecule has 0 bridgehead atoms. The Hall–Kier alpha value is -4.48. The highest BCUT2D eigenvalue weighted by Crippen LogP contribution is 2.27. The summed E-state index contributed by atoms with van der Waals surface area (Å²) in [5.41, 5.74) is 2.86. The number of halogens is 1. The molecule has 12 heteroatoms. The number of nitrogens with one attached hydrogen (secondary N) is 3. The van der Waals surface area contributed by atoms with Crippen molar-refractivity contribution in [1.82, 2.24) is 24.8 Å². The molecule has 0 aliphatic rings. The molecule has 0 fully saturated rings. The van der Waals surface area contributed by atoms with Crippen LogP contribution >= 0.6 is 0 Å². The zero-order chi connectivity index (χ0) is 30.3. The maximum absolute atomic E-state index is 14.6. The van der Waals surface area contributed by atoms with Gasteiger partial charge in [-0.05, 0) is 55.9 Å². The van der Waals surface area contributed by atoms with Crippen molar-refractivity contribution in [2.24, 2.45) is 5.92 Å². The minimum atomic E-state index is -1.02. The van der Waals surface area contributed by atoms with Crippen molar-refractivity contribution in [3.63, 3.8) is 0 Å². The van der Waals surface area contributed by atoms with Crippen LogP contribution in [0.1, 0.15) is 43.5 Å². The van der Waals surface area contributed by atoms with E-state index in [4.69, 9.17) is 0 Å². The van der Waals surface area contributed by atoms with Gasteiger partial charge >= 0.3 is 6.09 Å². The molecule has 220 valence electrons. The van der Waals surface area contributed by atoms with Gasteiger partial charge < -0.3 is 29.8 Å². The smallest absolute Gasteiger partial charge is 0.407 e. The summed E-state index contributed by atoms with van der Waals surface area (Å²) in [6, 6.07) is 2.07. The lowest BCUT2D eigenvalue weighted by Gasteiger charge is -2.17. The average molecular weight is 569 g/mol. The highest BCUT2D eigenvalue weighted by atomic mass is 19.1. The molecule has 3 N–H and O–H groups in total. The van der Waals surface area contributed by atoms with E-state index in [-0.39, 0.29) is 36.3 Å². The number of hydrogen-bond acceptors (Lipinski definition) is 6. The molecule has 0 aliphatic heterocycles. The molecule has 41 heavy (non-hydrogen) atoms. The van der Waals surface area contributed by atoms with Crippen LogP contribution in [0.15, 0.2) is 41.5 Å². The number of likely N-dealkylation sites (N-methyl/N-ethyl adjacent to an activating group) is 1. The Balaban J connectivity index is 1.82. The molecule has 3 amide bonds. The number of aromatic nitrogens is 3. The van der Waals surface area contributed by atoms with E-state index in [1.165, 1.54) is 34.9 Å². The SMILES string of the molecule is COC(=O)N[C@@H](CC/C=C/C(=O)N(C)C)C(=O)Nc1cccn(Cc2[nH]c3c(CC(C)C)c(F)cnc3c2C)c1=O. The molecule has 0 saturated carbocycles. The van der Waals surface area contributed by atoms with Crippen LogP contribution in [0.3, 0.4) is 0 Å². The number of ether oxygens (including phenoxy) is 1. The van der Waals surface area contributed by atoms with Crippen molar-refractivity contribution >= 4 is 34.6 Å². The summed E-state index contributed by atoms with van der Waals surface area (Å²) in [5.74, 6) is -0.966. The van der Waals surface area contributed by atoms with Crippen molar-refractivity contribution in [2.45, 2.75) is 52.6 Å². The molecule has 3 aromatic heterocycles. The van der Waals surface area contributed by atoms with Gasteiger partial charge in [0, 0.05) is 31.5 Å². The van der Waals surface area contributed by atoms with Gasteiger partial charge in [0.1, 0.15) is 17.5 Å². The van der Waals surface area contributed by atoms with Crippen molar-refractivity contribution in [2.75, 3.05) is 26.5 Å². The van der Waals surface area contributed by atoms with E-state index < -0.39 is 23.6 Å². The normalized spacial score (nSPS) is 12.1. The maximum Gasteiger partial charge on any atom is 0.407 e. The molecule has 1 atom stereocenters. The zero-order valence-electron chi connectivity index (χ0n) is 24.2. The largest absolute Gasteiger partial charge is 0.453 e. The van der Waals surface area contributed by atoms with E-state index in [0.717, 1.165) is 5.56 Å². The number of alkyl carbamates (subject to hydrolysis) is 1. The lowest BCUT2D eigenvalue weighted by atomic mass is 10.0. The van der Waals surface area contributed by atoms with Gasteiger partial charge in [-0.2, -0.15) is 0 Å². The number of carbonyl (C=O) groups excluding carboxylic acids is 3. The number of rotatable bonds is 11. The molecule has 0 saturated heterocycles. The fourth-order valence-corrected chi connectivity index (χ4v) is 4.31. The van der Waals surface area contributed by atoms with E-state index in [1.54, 1.807) is 32.4 Å². The molecule has 0 spiro atoms. The van der Waals surface area contributed by atoms with Crippen LogP contribution in [0.25, 0.3) is 11.0 Å². The highest BCUT2D eigenvalue weighted by Gasteiger charge is 2.22. The van der Waals surface area contributed by atoms with E-state index in [9.17, 15) is 23.6 Å². The number of nitrogens with zero attached hydrogens (tertiary/aromatic N) is 3. The number of aromatic amines is 1. The average Bonchev–Trinajstić information content (AvgIpc) is 3.24. The highest BCUT2D eigenvalue weighted by molar-refractivity contribution is 5.96. The first-order valence-electron chi connectivity index (χ1n) is 13.3. The Labute approximate surface area is 237 Å². The first-order valence-corrected chi connectivity index (χ1v) is 13.3. The lowest BCUT2D eigenvalue weighted by Crippen LogP contribution is -2.44. The van der Waals surface area contributed by atoms with Gasteiger partial charge in [0.05, 0.1) is 30.9 Å². The summed E-state index contributed by atoms with van der Waals surface area (Å²) in [6.45, 7) is 6.02. The van der Waals surface area contributed by atoms with Gasteiger partial charge in [-0.1, -0.05) is 19.9 Å². The minimum absolute atomic E-state index is 0.0194. The third-order valence-corrected chi connectivity index (χ3v) is 6.55. The van der Waals surface area contributed by atoms with Crippen LogP contribution in [0.4, 0.5) is 14.9 Å². The number of allylic oxidation sites excluding steroid dienone is 1. The number of amides is 3. The number of carbonyl (C=O) groups is 3.